The lowest BCUT2D eigenvalue weighted by Crippen LogP contribution is -2.37. The topological polar surface area (TPSA) is 80.2 Å². The Morgan fingerprint density at radius 2 is 1.92 bits per heavy atom. The zero-order chi connectivity index (χ0) is 17.8. The average molecular weight is 336 g/mol. The van der Waals surface area contributed by atoms with Gasteiger partial charge >= 0.3 is 0 Å². The zero-order valence-corrected chi connectivity index (χ0v) is 14.2. The molecule has 1 N–H and O–H groups in total. The first-order valence-corrected chi connectivity index (χ1v) is 8.33. The number of nitriles is 1. The van der Waals surface area contributed by atoms with Crippen LogP contribution in [0.2, 0.25) is 0 Å². The Morgan fingerprint density at radius 1 is 1.12 bits per heavy atom. The maximum absolute atomic E-state index is 12.7. The summed E-state index contributed by atoms with van der Waals surface area (Å²) in [6, 6.07) is 13.0. The number of carbonyl (C=O) groups is 1. The van der Waals surface area contributed by atoms with Crippen molar-refractivity contribution in [1.29, 1.82) is 5.26 Å². The molecule has 0 radical (unpaired) electrons. The molecule has 128 valence electrons. The van der Waals surface area contributed by atoms with Gasteiger partial charge in [0.25, 0.3) is 11.5 Å². The van der Waals surface area contributed by atoms with Crippen LogP contribution in [0.3, 0.4) is 0 Å². The number of para-hydroxylation sites is 1. The Hall–Kier alpha value is -3.07. The van der Waals surface area contributed by atoms with Crippen molar-refractivity contribution in [3.63, 3.8) is 0 Å². The van der Waals surface area contributed by atoms with Crippen LogP contribution in [0, 0.1) is 18.3 Å². The number of aromatic amines is 1. The molecule has 0 bridgehead atoms. The van der Waals surface area contributed by atoms with Gasteiger partial charge in [0, 0.05) is 31.9 Å². The summed E-state index contributed by atoms with van der Waals surface area (Å²) in [4.78, 5) is 31.2. The van der Waals surface area contributed by atoms with E-state index in [-0.39, 0.29) is 17.0 Å². The molecule has 25 heavy (non-hydrogen) atoms. The van der Waals surface area contributed by atoms with Crippen LogP contribution in [-0.2, 0) is 0 Å². The van der Waals surface area contributed by atoms with Gasteiger partial charge < -0.3 is 14.8 Å². The second-order valence-electron chi connectivity index (χ2n) is 6.15. The number of H-pyrrole nitrogens is 1. The number of hydrogen-bond donors (Lipinski definition) is 1. The number of carbonyl (C=O) groups excluding carboxylic acids is 1. The molecule has 1 aliphatic rings. The van der Waals surface area contributed by atoms with Gasteiger partial charge in [0.05, 0.1) is 11.3 Å². The second kappa shape index (κ2) is 7.22. The van der Waals surface area contributed by atoms with Gasteiger partial charge in [0.15, 0.2) is 0 Å². The molecule has 2 aromatic rings. The fourth-order valence-corrected chi connectivity index (χ4v) is 3.12. The summed E-state index contributed by atoms with van der Waals surface area (Å²) in [6.45, 7) is 4.30. The summed E-state index contributed by atoms with van der Waals surface area (Å²) in [5, 5.41) is 9.28. The molecule has 1 aromatic heterocycles. The lowest BCUT2D eigenvalue weighted by Gasteiger charge is -2.24. The van der Waals surface area contributed by atoms with Gasteiger partial charge in [-0.25, -0.2) is 0 Å². The van der Waals surface area contributed by atoms with Crippen molar-refractivity contribution < 1.29 is 4.79 Å². The molecule has 6 nitrogen and oxygen atoms in total. The Bertz CT molecular complexity index is 881. The van der Waals surface area contributed by atoms with E-state index < -0.39 is 0 Å². The van der Waals surface area contributed by atoms with Crippen LogP contribution in [0.4, 0.5) is 5.69 Å². The molecule has 0 saturated carbocycles. The minimum atomic E-state index is -0.346. The number of nitrogens with zero attached hydrogens (tertiary/aromatic N) is 3. The van der Waals surface area contributed by atoms with Crippen molar-refractivity contribution >= 4 is 11.6 Å². The van der Waals surface area contributed by atoms with Gasteiger partial charge in [0.2, 0.25) is 0 Å². The zero-order valence-electron chi connectivity index (χ0n) is 14.2. The molecule has 3 rings (SSSR count). The first-order chi connectivity index (χ1) is 12.1. The van der Waals surface area contributed by atoms with E-state index in [9.17, 15) is 14.9 Å². The van der Waals surface area contributed by atoms with Crippen LogP contribution >= 0.6 is 0 Å². The Kier molecular flexibility index (Phi) is 4.85. The molecule has 1 aromatic carbocycles. The third-order valence-corrected chi connectivity index (χ3v) is 4.43. The number of pyridine rings is 1. The SMILES string of the molecule is Cc1ccc(C(=O)N2CCCN(c3ccccc3C#N)CC2)c(=O)[nH]1. The smallest absolute Gasteiger partial charge is 0.260 e. The number of benzene rings is 1. The molecule has 1 amide bonds. The molecule has 0 atom stereocenters. The van der Waals surface area contributed by atoms with E-state index in [1.165, 1.54) is 0 Å². The summed E-state index contributed by atoms with van der Waals surface area (Å²) < 4.78 is 0. The van der Waals surface area contributed by atoms with Crippen LogP contribution in [0.15, 0.2) is 41.2 Å². The first-order valence-electron chi connectivity index (χ1n) is 8.33. The number of aryl methyl sites for hydroxylation is 1. The lowest BCUT2D eigenvalue weighted by atomic mass is 10.1. The largest absolute Gasteiger partial charge is 0.369 e. The van der Waals surface area contributed by atoms with Gasteiger partial charge in [0.1, 0.15) is 11.6 Å². The summed E-state index contributed by atoms with van der Waals surface area (Å²) in [5.41, 5.74) is 2.10. The maximum Gasteiger partial charge on any atom is 0.260 e. The van der Waals surface area contributed by atoms with E-state index in [4.69, 9.17) is 0 Å². The average Bonchev–Trinajstić information content (AvgIpc) is 2.87. The third-order valence-electron chi connectivity index (χ3n) is 4.43. The highest BCUT2D eigenvalue weighted by molar-refractivity contribution is 5.93. The fraction of sp³-hybridized carbons (Fsp3) is 0.316. The maximum atomic E-state index is 12.7. The number of amides is 1. The third kappa shape index (κ3) is 3.56. The van der Waals surface area contributed by atoms with E-state index in [0.717, 1.165) is 24.3 Å². The molecule has 0 unspecified atom stereocenters. The van der Waals surface area contributed by atoms with Crippen molar-refractivity contribution in [2.75, 3.05) is 31.1 Å². The predicted molar refractivity (Wildman–Crippen MR) is 95.7 cm³/mol. The Balaban J connectivity index is 1.76. The normalized spacial score (nSPS) is 14.7. The van der Waals surface area contributed by atoms with Crippen molar-refractivity contribution in [2.45, 2.75) is 13.3 Å². The number of anilines is 1. The molecule has 2 heterocycles. The summed E-state index contributed by atoms with van der Waals surface area (Å²) in [7, 11) is 0. The van der Waals surface area contributed by atoms with Gasteiger partial charge in [-0.15, -0.1) is 0 Å². The van der Waals surface area contributed by atoms with Crippen LogP contribution in [0.25, 0.3) is 0 Å². The van der Waals surface area contributed by atoms with Crippen LogP contribution in [0.5, 0.6) is 0 Å². The van der Waals surface area contributed by atoms with E-state index in [1.807, 2.05) is 18.2 Å². The summed E-state index contributed by atoms with van der Waals surface area (Å²) >= 11 is 0. The van der Waals surface area contributed by atoms with E-state index in [0.29, 0.717) is 25.2 Å². The molecule has 1 aliphatic heterocycles. The highest BCUT2D eigenvalue weighted by Crippen LogP contribution is 2.21. The second-order valence-corrected chi connectivity index (χ2v) is 6.15. The molecule has 0 spiro atoms. The van der Waals surface area contributed by atoms with E-state index >= 15 is 0 Å². The Labute approximate surface area is 146 Å². The summed E-state index contributed by atoms with van der Waals surface area (Å²) in [6.07, 6.45) is 0.787. The molecule has 1 saturated heterocycles. The van der Waals surface area contributed by atoms with Gasteiger partial charge in [-0.3, -0.25) is 9.59 Å². The van der Waals surface area contributed by atoms with Gasteiger partial charge in [-0.05, 0) is 37.6 Å². The van der Waals surface area contributed by atoms with Crippen LogP contribution < -0.4 is 10.5 Å². The molecule has 6 heteroatoms. The first kappa shape index (κ1) is 16.8. The van der Waals surface area contributed by atoms with Gasteiger partial charge in [-0.1, -0.05) is 12.1 Å². The van der Waals surface area contributed by atoms with Crippen LogP contribution in [-0.4, -0.2) is 42.0 Å². The lowest BCUT2D eigenvalue weighted by molar-refractivity contribution is 0.0765. The number of aromatic nitrogens is 1. The highest BCUT2D eigenvalue weighted by Gasteiger charge is 2.23. The minimum Gasteiger partial charge on any atom is -0.369 e. The van der Waals surface area contributed by atoms with Crippen LogP contribution in [0.1, 0.15) is 28.0 Å². The number of nitrogens with one attached hydrogen (secondary N) is 1. The molecular weight excluding hydrogens is 316 g/mol. The van der Waals surface area contributed by atoms with Crippen molar-refractivity contribution in [3.8, 4) is 6.07 Å². The monoisotopic (exact) mass is 336 g/mol. The predicted octanol–water partition coefficient (Wildman–Crippen LogP) is 1.91. The standard InChI is InChI=1S/C19H20N4O2/c1-14-7-8-16(18(24)21-14)19(25)23-10-4-9-22(11-12-23)17-6-3-2-5-15(17)13-20/h2-3,5-8H,4,9-12H2,1H3,(H,21,24). The fourth-order valence-electron chi connectivity index (χ4n) is 3.12. The van der Waals surface area contributed by atoms with Crippen molar-refractivity contribution in [2.24, 2.45) is 0 Å². The number of hydrogen-bond acceptors (Lipinski definition) is 4. The van der Waals surface area contributed by atoms with E-state index in [1.54, 1.807) is 30.0 Å². The quantitative estimate of drug-likeness (QED) is 0.908. The van der Waals surface area contributed by atoms with E-state index in [2.05, 4.69) is 16.0 Å². The minimum absolute atomic E-state index is 0.177. The molecule has 1 fully saturated rings. The summed E-state index contributed by atoms with van der Waals surface area (Å²) in [5.74, 6) is -0.239. The molecular formula is C19H20N4O2. The molecule has 0 aliphatic carbocycles. The van der Waals surface area contributed by atoms with Gasteiger partial charge in [-0.2, -0.15) is 5.26 Å². The highest BCUT2D eigenvalue weighted by atomic mass is 16.2. The Morgan fingerprint density at radius 3 is 2.68 bits per heavy atom. The van der Waals surface area contributed by atoms with Crippen molar-refractivity contribution in [3.05, 3.63) is 63.6 Å². The number of rotatable bonds is 2. The van der Waals surface area contributed by atoms with Crippen molar-refractivity contribution in [1.82, 2.24) is 9.88 Å².